The smallest absolute Gasteiger partial charge is 0.231 e. The molecule has 1 unspecified atom stereocenters. The van der Waals surface area contributed by atoms with E-state index in [0.717, 1.165) is 11.4 Å². The molecule has 2 aromatic heterocycles. The third kappa shape index (κ3) is 3.84. The van der Waals surface area contributed by atoms with Gasteiger partial charge in [-0.25, -0.2) is 4.98 Å². The van der Waals surface area contributed by atoms with Crippen molar-refractivity contribution < 1.29 is 9.59 Å². The summed E-state index contributed by atoms with van der Waals surface area (Å²) < 4.78 is 0. The zero-order chi connectivity index (χ0) is 18.8. The molecule has 1 saturated heterocycles. The minimum Gasteiger partial charge on any atom is -0.312 e. The quantitative estimate of drug-likeness (QED) is 0.724. The van der Waals surface area contributed by atoms with Crippen molar-refractivity contribution in [3.05, 3.63) is 59.1 Å². The monoisotopic (exact) mass is 398 g/mol. The van der Waals surface area contributed by atoms with Crippen molar-refractivity contribution in [2.45, 2.75) is 6.42 Å². The number of thiazole rings is 1. The van der Waals surface area contributed by atoms with Crippen LogP contribution in [-0.2, 0) is 9.59 Å². The molecule has 136 valence electrons. The molecule has 8 heteroatoms. The molecule has 0 saturated carbocycles. The minimum atomic E-state index is -0.421. The van der Waals surface area contributed by atoms with Crippen LogP contribution in [0.15, 0.2) is 54.0 Å². The molecule has 0 aliphatic carbocycles. The fourth-order valence-electron chi connectivity index (χ4n) is 2.92. The standard InChI is InChI=1S/C19H15ClN4O2S/c20-13-4-6-14(7-5-13)24-10-12(9-17(24)25)18(26)23-19-22-16(11-27-19)15-3-1-2-8-21-15/h1-8,11-12H,9-10H2,(H,22,23,26). The predicted molar refractivity (Wildman–Crippen MR) is 106 cm³/mol. The van der Waals surface area contributed by atoms with E-state index in [4.69, 9.17) is 11.6 Å². The fraction of sp³-hybridized carbons (Fsp3) is 0.158. The largest absolute Gasteiger partial charge is 0.312 e. The zero-order valence-electron chi connectivity index (χ0n) is 14.1. The van der Waals surface area contributed by atoms with E-state index in [1.165, 1.54) is 11.3 Å². The summed E-state index contributed by atoms with van der Waals surface area (Å²) in [6, 6.07) is 12.6. The third-order valence-electron chi connectivity index (χ3n) is 4.30. The van der Waals surface area contributed by atoms with E-state index >= 15 is 0 Å². The van der Waals surface area contributed by atoms with E-state index in [-0.39, 0.29) is 18.2 Å². The highest BCUT2D eigenvalue weighted by Crippen LogP contribution is 2.28. The summed E-state index contributed by atoms with van der Waals surface area (Å²) in [6.07, 6.45) is 1.87. The number of hydrogen-bond acceptors (Lipinski definition) is 5. The second-order valence-electron chi connectivity index (χ2n) is 6.12. The van der Waals surface area contributed by atoms with Crippen LogP contribution in [0.2, 0.25) is 5.02 Å². The molecular formula is C19H15ClN4O2S. The van der Waals surface area contributed by atoms with Gasteiger partial charge in [0.25, 0.3) is 0 Å². The zero-order valence-corrected chi connectivity index (χ0v) is 15.7. The van der Waals surface area contributed by atoms with Crippen LogP contribution in [0.4, 0.5) is 10.8 Å². The SMILES string of the molecule is O=C(Nc1nc(-c2ccccn2)cs1)C1CC(=O)N(c2ccc(Cl)cc2)C1. The molecule has 1 N–H and O–H groups in total. The second kappa shape index (κ2) is 7.46. The van der Waals surface area contributed by atoms with Gasteiger partial charge < -0.3 is 10.2 Å². The lowest BCUT2D eigenvalue weighted by Crippen LogP contribution is -2.28. The van der Waals surface area contributed by atoms with Gasteiger partial charge in [-0.3, -0.25) is 14.6 Å². The maximum absolute atomic E-state index is 12.6. The number of nitrogens with one attached hydrogen (secondary N) is 1. The molecule has 1 aliphatic heterocycles. The molecule has 6 nitrogen and oxygen atoms in total. The van der Waals surface area contributed by atoms with Gasteiger partial charge in [0.2, 0.25) is 11.8 Å². The van der Waals surface area contributed by atoms with Crippen LogP contribution in [0.1, 0.15) is 6.42 Å². The summed E-state index contributed by atoms with van der Waals surface area (Å²) >= 11 is 7.23. The van der Waals surface area contributed by atoms with E-state index in [1.807, 2.05) is 23.6 Å². The van der Waals surface area contributed by atoms with E-state index < -0.39 is 5.92 Å². The molecule has 0 spiro atoms. The lowest BCUT2D eigenvalue weighted by Gasteiger charge is -2.16. The molecule has 2 amide bonds. The first-order valence-electron chi connectivity index (χ1n) is 8.34. The van der Waals surface area contributed by atoms with Gasteiger partial charge in [-0.15, -0.1) is 11.3 Å². The van der Waals surface area contributed by atoms with E-state index in [1.54, 1.807) is 35.4 Å². The lowest BCUT2D eigenvalue weighted by atomic mass is 10.1. The number of amides is 2. The van der Waals surface area contributed by atoms with Crippen molar-refractivity contribution >= 4 is 45.6 Å². The van der Waals surface area contributed by atoms with Crippen molar-refractivity contribution in [1.29, 1.82) is 0 Å². The number of halogens is 1. The first-order valence-corrected chi connectivity index (χ1v) is 9.59. The molecule has 1 aliphatic rings. The van der Waals surface area contributed by atoms with Crippen molar-refractivity contribution in [2.24, 2.45) is 5.92 Å². The van der Waals surface area contributed by atoms with Gasteiger partial charge in [0, 0.05) is 35.3 Å². The van der Waals surface area contributed by atoms with Crippen molar-refractivity contribution in [3.8, 4) is 11.4 Å². The Morgan fingerprint density at radius 2 is 2.00 bits per heavy atom. The molecule has 1 aromatic carbocycles. The van der Waals surface area contributed by atoms with Crippen LogP contribution in [0, 0.1) is 5.92 Å². The van der Waals surface area contributed by atoms with Crippen molar-refractivity contribution in [3.63, 3.8) is 0 Å². The first kappa shape index (κ1) is 17.6. The maximum Gasteiger partial charge on any atom is 0.231 e. The average molecular weight is 399 g/mol. The normalized spacial score (nSPS) is 16.6. The average Bonchev–Trinajstić information content (AvgIpc) is 3.30. The highest BCUT2D eigenvalue weighted by molar-refractivity contribution is 7.14. The summed E-state index contributed by atoms with van der Waals surface area (Å²) in [6.45, 7) is 0.338. The topological polar surface area (TPSA) is 75.2 Å². The molecule has 3 aromatic rings. The Morgan fingerprint density at radius 3 is 2.74 bits per heavy atom. The predicted octanol–water partition coefficient (Wildman–Crippen LogP) is 3.85. The summed E-state index contributed by atoms with van der Waals surface area (Å²) in [7, 11) is 0. The third-order valence-corrected chi connectivity index (χ3v) is 5.31. The Hall–Kier alpha value is -2.77. The van der Waals surface area contributed by atoms with Gasteiger partial charge >= 0.3 is 0 Å². The number of carbonyl (C=O) groups excluding carboxylic acids is 2. The highest BCUT2D eigenvalue weighted by Gasteiger charge is 2.35. The van der Waals surface area contributed by atoms with E-state index in [0.29, 0.717) is 22.4 Å². The van der Waals surface area contributed by atoms with Gasteiger partial charge in [0.15, 0.2) is 5.13 Å². The van der Waals surface area contributed by atoms with Crippen molar-refractivity contribution in [2.75, 3.05) is 16.8 Å². The number of aromatic nitrogens is 2. The van der Waals surface area contributed by atoms with Crippen LogP contribution in [-0.4, -0.2) is 28.3 Å². The van der Waals surface area contributed by atoms with Gasteiger partial charge in [0.1, 0.15) is 5.69 Å². The van der Waals surface area contributed by atoms with Gasteiger partial charge in [0.05, 0.1) is 11.6 Å². The van der Waals surface area contributed by atoms with Crippen LogP contribution in [0.3, 0.4) is 0 Å². The number of benzene rings is 1. The van der Waals surface area contributed by atoms with E-state index in [2.05, 4.69) is 15.3 Å². The van der Waals surface area contributed by atoms with Crippen LogP contribution < -0.4 is 10.2 Å². The summed E-state index contributed by atoms with van der Waals surface area (Å²) in [4.78, 5) is 35.2. The van der Waals surface area contributed by atoms with Crippen LogP contribution in [0.25, 0.3) is 11.4 Å². The van der Waals surface area contributed by atoms with Crippen molar-refractivity contribution in [1.82, 2.24) is 9.97 Å². The molecule has 3 heterocycles. The first-order chi connectivity index (χ1) is 13.1. The Labute approximate surface area is 164 Å². The summed E-state index contributed by atoms with van der Waals surface area (Å²) in [5.74, 6) is -0.706. The molecule has 27 heavy (non-hydrogen) atoms. The number of rotatable bonds is 4. The minimum absolute atomic E-state index is 0.0780. The lowest BCUT2D eigenvalue weighted by molar-refractivity contribution is -0.122. The number of carbonyl (C=O) groups is 2. The Bertz CT molecular complexity index is 975. The Kier molecular flexibility index (Phi) is 4.87. The van der Waals surface area contributed by atoms with Gasteiger partial charge in [-0.2, -0.15) is 0 Å². The number of hydrogen-bond donors (Lipinski definition) is 1. The van der Waals surface area contributed by atoms with Crippen LogP contribution in [0.5, 0.6) is 0 Å². The van der Waals surface area contributed by atoms with Gasteiger partial charge in [-0.05, 0) is 36.4 Å². The second-order valence-corrected chi connectivity index (χ2v) is 7.42. The number of nitrogens with zero attached hydrogens (tertiary/aromatic N) is 3. The van der Waals surface area contributed by atoms with Crippen LogP contribution >= 0.6 is 22.9 Å². The highest BCUT2D eigenvalue weighted by atomic mass is 35.5. The molecular weight excluding hydrogens is 384 g/mol. The fourth-order valence-corrected chi connectivity index (χ4v) is 3.76. The van der Waals surface area contributed by atoms with E-state index in [9.17, 15) is 9.59 Å². The summed E-state index contributed by atoms with van der Waals surface area (Å²) in [5.41, 5.74) is 2.20. The summed E-state index contributed by atoms with van der Waals surface area (Å²) in [5, 5.41) is 5.76. The molecule has 1 fully saturated rings. The van der Waals surface area contributed by atoms with Gasteiger partial charge in [-0.1, -0.05) is 17.7 Å². The molecule has 0 bridgehead atoms. The molecule has 0 radical (unpaired) electrons. The Morgan fingerprint density at radius 1 is 1.19 bits per heavy atom. The molecule has 1 atom stereocenters. The number of pyridine rings is 1. The maximum atomic E-state index is 12.6. The number of anilines is 2. The Balaban J connectivity index is 1.43. The molecule has 4 rings (SSSR count).